The molecule has 20 heavy (non-hydrogen) atoms. The summed E-state index contributed by atoms with van der Waals surface area (Å²) in [6.07, 6.45) is 5.27. The van der Waals surface area contributed by atoms with Crippen LogP contribution in [0.5, 0.6) is 0 Å². The average molecular weight is 269 g/mol. The number of nitrogens with two attached hydrogens (primary N) is 1. The van der Waals surface area contributed by atoms with Crippen LogP contribution in [0, 0.1) is 12.8 Å². The van der Waals surface area contributed by atoms with Gasteiger partial charge in [-0.3, -0.25) is 4.98 Å². The molecule has 106 valence electrons. The predicted octanol–water partition coefficient (Wildman–Crippen LogP) is 4.12. The molecule has 1 aromatic carbocycles. The summed E-state index contributed by atoms with van der Waals surface area (Å²) in [5, 5.41) is 4.88. The van der Waals surface area contributed by atoms with Gasteiger partial charge in [0.25, 0.3) is 0 Å². The molecule has 0 amide bonds. The number of aryl methyl sites for hydroxylation is 1. The van der Waals surface area contributed by atoms with Crippen LogP contribution in [0.2, 0.25) is 0 Å². The molecule has 0 radical (unpaired) electrons. The standard InChI is InChI=1S/C17H23N3/c1-11-5-3-4-6-15(11)20-17-9-12(2)19-16-8-7-13(18)10-14(16)17/h7-11,15H,3-6,18H2,1-2H3,(H,19,20). The summed E-state index contributed by atoms with van der Waals surface area (Å²) in [7, 11) is 0. The molecule has 0 aliphatic heterocycles. The van der Waals surface area contributed by atoms with Gasteiger partial charge in [-0.25, -0.2) is 0 Å². The van der Waals surface area contributed by atoms with Crippen LogP contribution in [0.4, 0.5) is 11.4 Å². The van der Waals surface area contributed by atoms with Gasteiger partial charge in [-0.1, -0.05) is 19.8 Å². The van der Waals surface area contributed by atoms with E-state index in [1.54, 1.807) is 0 Å². The smallest absolute Gasteiger partial charge is 0.0727 e. The quantitative estimate of drug-likeness (QED) is 0.806. The largest absolute Gasteiger partial charge is 0.399 e. The zero-order valence-corrected chi connectivity index (χ0v) is 12.3. The molecule has 2 unspecified atom stereocenters. The maximum Gasteiger partial charge on any atom is 0.0727 e. The first-order valence-electron chi connectivity index (χ1n) is 7.57. The lowest BCUT2D eigenvalue weighted by atomic mass is 9.85. The van der Waals surface area contributed by atoms with Gasteiger partial charge < -0.3 is 11.1 Å². The van der Waals surface area contributed by atoms with Crippen LogP contribution in [-0.2, 0) is 0 Å². The van der Waals surface area contributed by atoms with Crippen LogP contribution in [0.3, 0.4) is 0 Å². The van der Waals surface area contributed by atoms with Crippen molar-refractivity contribution in [2.45, 2.75) is 45.6 Å². The summed E-state index contributed by atoms with van der Waals surface area (Å²) >= 11 is 0. The van der Waals surface area contributed by atoms with Gasteiger partial charge in [0.2, 0.25) is 0 Å². The van der Waals surface area contributed by atoms with Crippen LogP contribution < -0.4 is 11.1 Å². The lowest BCUT2D eigenvalue weighted by Crippen LogP contribution is -2.30. The van der Waals surface area contributed by atoms with Gasteiger partial charge in [0, 0.05) is 28.5 Å². The number of hydrogen-bond acceptors (Lipinski definition) is 3. The first-order valence-corrected chi connectivity index (χ1v) is 7.57. The molecule has 3 heteroatoms. The summed E-state index contributed by atoms with van der Waals surface area (Å²) in [5.74, 6) is 0.730. The average Bonchev–Trinajstić information content (AvgIpc) is 2.42. The summed E-state index contributed by atoms with van der Waals surface area (Å²) < 4.78 is 0. The van der Waals surface area contributed by atoms with Crippen LogP contribution in [0.25, 0.3) is 10.9 Å². The highest BCUT2D eigenvalue weighted by molar-refractivity contribution is 5.93. The van der Waals surface area contributed by atoms with Gasteiger partial charge in [0.15, 0.2) is 0 Å². The van der Waals surface area contributed by atoms with Crippen molar-refractivity contribution < 1.29 is 0 Å². The zero-order valence-electron chi connectivity index (χ0n) is 12.3. The van der Waals surface area contributed by atoms with Gasteiger partial charge in [-0.2, -0.15) is 0 Å². The molecule has 0 bridgehead atoms. The monoisotopic (exact) mass is 269 g/mol. The fourth-order valence-electron chi connectivity index (χ4n) is 3.23. The van der Waals surface area contributed by atoms with E-state index in [0.717, 1.165) is 28.2 Å². The van der Waals surface area contributed by atoms with E-state index in [4.69, 9.17) is 5.73 Å². The number of rotatable bonds is 2. The molecule has 1 aromatic heterocycles. The maximum atomic E-state index is 5.94. The van der Waals surface area contributed by atoms with Crippen LogP contribution in [0.15, 0.2) is 24.3 Å². The summed E-state index contributed by atoms with van der Waals surface area (Å²) in [5.41, 5.74) is 9.98. The lowest BCUT2D eigenvalue weighted by Gasteiger charge is -2.31. The molecule has 1 aliphatic rings. The molecule has 3 rings (SSSR count). The molecular weight excluding hydrogens is 246 g/mol. The molecule has 1 fully saturated rings. The summed E-state index contributed by atoms with van der Waals surface area (Å²) in [6.45, 7) is 4.40. The van der Waals surface area contributed by atoms with Crippen molar-refractivity contribution in [3.8, 4) is 0 Å². The number of nitrogen functional groups attached to an aromatic ring is 1. The Morgan fingerprint density at radius 3 is 2.80 bits per heavy atom. The van der Waals surface area contributed by atoms with Crippen molar-refractivity contribution in [1.82, 2.24) is 4.98 Å². The highest BCUT2D eigenvalue weighted by Gasteiger charge is 2.21. The number of anilines is 2. The number of nitrogens with one attached hydrogen (secondary N) is 1. The Kier molecular flexibility index (Phi) is 3.51. The van der Waals surface area contributed by atoms with Crippen LogP contribution >= 0.6 is 0 Å². The van der Waals surface area contributed by atoms with Crippen molar-refractivity contribution in [2.24, 2.45) is 5.92 Å². The normalized spacial score (nSPS) is 22.9. The first kappa shape index (κ1) is 13.2. The summed E-state index contributed by atoms with van der Waals surface area (Å²) in [6, 6.07) is 8.66. The van der Waals surface area contributed by atoms with E-state index >= 15 is 0 Å². The fourth-order valence-corrected chi connectivity index (χ4v) is 3.23. The Morgan fingerprint density at radius 2 is 2.00 bits per heavy atom. The second kappa shape index (κ2) is 5.31. The van der Waals surface area contributed by atoms with Gasteiger partial charge >= 0.3 is 0 Å². The van der Waals surface area contributed by atoms with E-state index in [0.29, 0.717) is 6.04 Å². The molecule has 1 heterocycles. The second-order valence-electron chi connectivity index (χ2n) is 6.10. The Hall–Kier alpha value is -1.77. The Balaban J connectivity index is 1.99. The van der Waals surface area contributed by atoms with Gasteiger partial charge in [-0.05, 0) is 49.9 Å². The SMILES string of the molecule is Cc1cc(NC2CCCCC2C)c2cc(N)ccc2n1. The molecule has 3 nitrogen and oxygen atoms in total. The molecule has 3 N–H and O–H groups in total. The number of pyridine rings is 1. The number of benzene rings is 1. The van der Waals surface area contributed by atoms with Gasteiger partial charge in [0.1, 0.15) is 0 Å². The van der Waals surface area contributed by atoms with Crippen molar-refractivity contribution in [3.63, 3.8) is 0 Å². The van der Waals surface area contributed by atoms with Gasteiger partial charge in [0.05, 0.1) is 5.52 Å². The molecule has 2 atom stereocenters. The van der Waals surface area contributed by atoms with Crippen LogP contribution in [-0.4, -0.2) is 11.0 Å². The second-order valence-corrected chi connectivity index (χ2v) is 6.10. The van der Waals surface area contributed by atoms with E-state index in [9.17, 15) is 0 Å². The third-order valence-electron chi connectivity index (χ3n) is 4.41. The van der Waals surface area contributed by atoms with Crippen molar-refractivity contribution in [3.05, 3.63) is 30.0 Å². The molecule has 1 aliphatic carbocycles. The van der Waals surface area contributed by atoms with Crippen molar-refractivity contribution in [2.75, 3.05) is 11.1 Å². The topological polar surface area (TPSA) is 50.9 Å². The number of aromatic nitrogens is 1. The third kappa shape index (κ3) is 2.58. The van der Waals surface area contributed by atoms with E-state index in [-0.39, 0.29) is 0 Å². The van der Waals surface area contributed by atoms with Gasteiger partial charge in [-0.15, -0.1) is 0 Å². The first-order chi connectivity index (χ1) is 9.63. The Labute approximate surface area is 120 Å². The number of hydrogen-bond donors (Lipinski definition) is 2. The molecule has 0 spiro atoms. The highest BCUT2D eigenvalue weighted by Crippen LogP contribution is 2.31. The minimum Gasteiger partial charge on any atom is -0.399 e. The molecule has 1 saturated carbocycles. The lowest BCUT2D eigenvalue weighted by molar-refractivity contribution is 0.350. The Bertz CT molecular complexity index is 621. The van der Waals surface area contributed by atoms with E-state index in [2.05, 4.69) is 23.3 Å². The minimum absolute atomic E-state index is 0.565. The predicted molar refractivity (Wildman–Crippen MR) is 85.9 cm³/mol. The Morgan fingerprint density at radius 1 is 1.20 bits per heavy atom. The zero-order chi connectivity index (χ0) is 14.1. The van der Waals surface area contributed by atoms with Crippen molar-refractivity contribution in [1.29, 1.82) is 0 Å². The third-order valence-corrected chi connectivity index (χ3v) is 4.41. The highest BCUT2D eigenvalue weighted by atomic mass is 14.9. The van der Waals surface area contributed by atoms with E-state index < -0.39 is 0 Å². The van der Waals surface area contributed by atoms with Crippen molar-refractivity contribution >= 4 is 22.3 Å². The van der Waals surface area contributed by atoms with E-state index in [1.807, 2.05) is 25.1 Å². The fraction of sp³-hybridized carbons (Fsp3) is 0.471. The molecule has 0 saturated heterocycles. The number of fused-ring (bicyclic) bond motifs is 1. The van der Waals surface area contributed by atoms with E-state index in [1.165, 1.54) is 31.4 Å². The summed E-state index contributed by atoms with van der Waals surface area (Å²) in [4.78, 5) is 4.59. The van der Waals surface area contributed by atoms with Crippen LogP contribution in [0.1, 0.15) is 38.3 Å². The minimum atomic E-state index is 0.565. The number of nitrogens with zero attached hydrogens (tertiary/aromatic N) is 1. The molecular formula is C17H23N3. The molecule has 2 aromatic rings. The maximum absolute atomic E-state index is 5.94.